The van der Waals surface area contributed by atoms with E-state index in [2.05, 4.69) is 61.8 Å². The minimum Gasteiger partial charge on any atom is -0.394 e. The molecule has 2 aromatic rings. The lowest BCUT2D eigenvalue weighted by atomic mass is 9.90. The predicted molar refractivity (Wildman–Crippen MR) is 171 cm³/mol. The Morgan fingerprint density at radius 2 is 0.698 bits per heavy atom. The molecular formula is C33H54N2O8. The van der Waals surface area contributed by atoms with E-state index in [1.165, 1.54) is 33.4 Å². The summed E-state index contributed by atoms with van der Waals surface area (Å²) in [5, 5.41) is 36.2. The molecule has 0 amide bonds. The second kappa shape index (κ2) is 21.4. The smallest absolute Gasteiger partial charge is 0.0698 e. The number of aryl methyl sites for hydroxylation is 4. The van der Waals surface area contributed by atoms with Crippen LogP contribution in [0.2, 0.25) is 0 Å². The van der Waals surface area contributed by atoms with E-state index in [9.17, 15) is 0 Å². The summed E-state index contributed by atoms with van der Waals surface area (Å²) in [7, 11) is 0. The molecule has 0 unspecified atom stereocenters. The molecule has 0 fully saturated rings. The Balaban J connectivity index is 2.24. The molecule has 0 saturated carbocycles. The van der Waals surface area contributed by atoms with Gasteiger partial charge in [-0.2, -0.15) is 0 Å². The summed E-state index contributed by atoms with van der Waals surface area (Å²) in [4.78, 5) is 4.46. The normalized spacial score (nSPS) is 11.3. The number of aliphatic hydroxyl groups excluding tert-OH is 4. The molecule has 0 spiro atoms. The predicted octanol–water partition coefficient (Wildman–Crippen LogP) is 2.16. The summed E-state index contributed by atoms with van der Waals surface area (Å²) in [6.45, 7) is 14.6. The van der Waals surface area contributed by atoms with E-state index in [-0.39, 0.29) is 26.4 Å². The van der Waals surface area contributed by atoms with Crippen LogP contribution in [-0.4, -0.2) is 126 Å². The van der Waals surface area contributed by atoms with Crippen LogP contribution in [0.15, 0.2) is 24.3 Å². The number of anilines is 2. The van der Waals surface area contributed by atoms with Gasteiger partial charge >= 0.3 is 0 Å². The van der Waals surface area contributed by atoms with E-state index < -0.39 is 0 Å². The van der Waals surface area contributed by atoms with Crippen LogP contribution in [0.1, 0.15) is 33.4 Å². The fraction of sp³-hybridized carbons (Fsp3) is 0.636. The maximum atomic E-state index is 9.05. The van der Waals surface area contributed by atoms with Crippen LogP contribution in [0.5, 0.6) is 0 Å². The number of nitrogens with zero attached hydrogens (tertiary/aromatic N) is 2. The lowest BCUT2D eigenvalue weighted by molar-refractivity contribution is 0.0884. The van der Waals surface area contributed by atoms with Crippen molar-refractivity contribution in [2.75, 3.05) is 115 Å². The van der Waals surface area contributed by atoms with E-state index in [0.717, 1.165) is 17.8 Å². The van der Waals surface area contributed by atoms with E-state index in [1.54, 1.807) is 0 Å². The molecule has 4 N–H and O–H groups in total. The molecular weight excluding hydrogens is 552 g/mol. The minimum absolute atomic E-state index is 0.00244. The third kappa shape index (κ3) is 13.1. The first-order chi connectivity index (χ1) is 20.9. The number of rotatable bonds is 24. The molecule has 0 heterocycles. The highest BCUT2D eigenvalue weighted by Gasteiger charge is 2.16. The van der Waals surface area contributed by atoms with Gasteiger partial charge in [-0.05, 0) is 91.8 Å². The molecule has 2 rings (SSSR count). The van der Waals surface area contributed by atoms with Gasteiger partial charge in [-0.1, -0.05) is 0 Å². The zero-order valence-electron chi connectivity index (χ0n) is 26.6. The van der Waals surface area contributed by atoms with Crippen molar-refractivity contribution in [2.24, 2.45) is 0 Å². The van der Waals surface area contributed by atoms with Crippen LogP contribution < -0.4 is 9.80 Å². The molecule has 10 heteroatoms. The zero-order valence-corrected chi connectivity index (χ0v) is 26.6. The van der Waals surface area contributed by atoms with E-state index >= 15 is 0 Å². The Kier molecular flexibility index (Phi) is 18.4. The quantitative estimate of drug-likeness (QED) is 0.132. The van der Waals surface area contributed by atoms with Gasteiger partial charge in [-0.25, -0.2) is 0 Å². The number of ether oxygens (including phenoxy) is 4. The fourth-order valence-electron chi connectivity index (χ4n) is 5.15. The molecule has 43 heavy (non-hydrogen) atoms. The Bertz CT molecular complexity index is 900. The Labute approximate surface area is 257 Å². The summed E-state index contributed by atoms with van der Waals surface area (Å²) >= 11 is 0. The maximum Gasteiger partial charge on any atom is 0.0698 e. The van der Waals surface area contributed by atoms with Gasteiger partial charge in [0.15, 0.2) is 0 Å². The summed E-state index contributed by atoms with van der Waals surface area (Å²) in [5.74, 6) is 0. The molecule has 0 aliphatic heterocycles. The minimum atomic E-state index is 0.00244. The molecule has 0 aliphatic carbocycles. The summed E-state index contributed by atoms with van der Waals surface area (Å²) < 4.78 is 22.1. The highest BCUT2D eigenvalue weighted by molar-refractivity contribution is 5.58. The largest absolute Gasteiger partial charge is 0.394 e. The topological polar surface area (TPSA) is 124 Å². The molecule has 0 radical (unpaired) electrons. The molecule has 0 aliphatic rings. The van der Waals surface area contributed by atoms with Crippen LogP contribution in [0, 0.1) is 27.7 Å². The fourth-order valence-corrected chi connectivity index (χ4v) is 5.15. The molecule has 0 bridgehead atoms. The van der Waals surface area contributed by atoms with Crippen LogP contribution in [-0.2, 0) is 25.4 Å². The molecule has 10 nitrogen and oxygen atoms in total. The number of aliphatic hydroxyl groups is 4. The van der Waals surface area contributed by atoms with Gasteiger partial charge in [-0.15, -0.1) is 0 Å². The molecule has 0 atom stereocenters. The Morgan fingerprint density at radius 1 is 0.442 bits per heavy atom. The molecule has 0 saturated heterocycles. The average molecular weight is 607 g/mol. The van der Waals surface area contributed by atoms with Gasteiger partial charge < -0.3 is 49.2 Å². The average Bonchev–Trinajstić information content (AvgIpc) is 2.98. The molecule has 244 valence electrons. The van der Waals surface area contributed by atoms with Gasteiger partial charge in [0.25, 0.3) is 0 Å². The Hall–Kier alpha value is -2.28. The van der Waals surface area contributed by atoms with E-state index in [4.69, 9.17) is 39.4 Å². The van der Waals surface area contributed by atoms with Crippen LogP contribution in [0.4, 0.5) is 11.4 Å². The molecule has 2 aromatic carbocycles. The maximum absolute atomic E-state index is 9.05. The number of hydrogen-bond donors (Lipinski definition) is 4. The third-order valence-corrected chi connectivity index (χ3v) is 7.41. The first-order valence-electron chi connectivity index (χ1n) is 15.3. The number of benzene rings is 2. The van der Waals surface area contributed by atoms with Crippen molar-refractivity contribution in [3.8, 4) is 0 Å². The highest BCUT2D eigenvalue weighted by atomic mass is 16.5. The van der Waals surface area contributed by atoms with Gasteiger partial charge in [0, 0.05) is 37.6 Å². The van der Waals surface area contributed by atoms with Gasteiger partial charge in [-0.3, -0.25) is 0 Å². The van der Waals surface area contributed by atoms with Crippen molar-refractivity contribution in [3.63, 3.8) is 0 Å². The van der Waals surface area contributed by atoms with Crippen LogP contribution in [0.25, 0.3) is 0 Å². The van der Waals surface area contributed by atoms with Crippen molar-refractivity contribution in [1.29, 1.82) is 0 Å². The van der Waals surface area contributed by atoms with E-state index in [0.29, 0.717) is 79.0 Å². The lowest BCUT2D eigenvalue weighted by Crippen LogP contribution is -2.32. The van der Waals surface area contributed by atoms with Crippen molar-refractivity contribution >= 4 is 11.4 Å². The summed E-state index contributed by atoms with van der Waals surface area (Å²) in [6, 6.07) is 8.89. The summed E-state index contributed by atoms with van der Waals surface area (Å²) in [5.41, 5.74) is 9.71. The van der Waals surface area contributed by atoms with Crippen molar-refractivity contribution in [3.05, 3.63) is 57.6 Å². The van der Waals surface area contributed by atoms with Crippen molar-refractivity contribution in [2.45, 2.75) is 34.1 Å². The van der Waals surface area contributed by atoms with Crippen molar-refractivity contribution < 1.29 is 39.4 Å². The third-order valence-electron chi connectivity index (χ3n) is 7.41. The highest BCUT2D eigenvalue weighted by Crippen LogP contribution is 2.30. The van der Waals surface area contributed by atoms with Gasteiger partial charge in [0.05, 0.1) is 79.3 Å². The van der Waals surface area contributed by atoms with Crippen molar-refractivity contribution in [1.82, 2.24) is 0 Å². The van der Waals surface area contributed by atoms with Gasteiger partial charge in [0.1, 0.15) is 0 Å². The zero-order chi connectivity index (χ0) is 31.5. The van der Waals surface area contributed by atoms with Gasteiger partial charge in [0.2, 0.25) is 0 Å². The SMILES string of the molecule is Cc1cc(N(CCOCCO)CCOCCO)cc(C)c1Cc1c(C)cc(N(CCOCCO)CCOCCO)cc1C. The number of hydrogen-bond acceptors (Lipinski definition) is 10. The Morgan fingerprint density at radius 3 is 0.930 bits per heavy atom. The van der Waals surface area contributed by atoms with Crippen LogP contribution in [0.3, 0.4) is 0 Å². The first-order valence-corrected chi connectivity index (χ1v) is 15.3. The monoisotopic (exact) mass is 606 g/mol. The molecule has 0 aromatic heterocycles. The standard InChI is InChI=1S/C33H54N2O8/c1-26-21-30(34(5-13-40-17-9-36)6-14-41-18-10-37)22-27(2)32(26)25-33-28(3)23-31(24-29(33)4)35(7-15-42-19-11-38)8-16-43-20-12-39/h21-24,36-39H,5-20,25H2,1-4H3. The van der Waals surface area contributed by atoms with E-state index in [1.807, 2.05) is 0 Å². The second-order valence-electron chi connectivity index (χ2n) is 10.6. The van der Waals surface area contributed by atoms with Crippen LogP contribution >= 0.6 is 0 Å². The lowest BCUT2D eigenvalue weighted by Gasteiger charge is -2.28. The summed E-state index contributed by atoms with van der Waals surface area (Å²) in [6.07, 6.45) is 0.828. The second-order valence-corrected chi connectivity index (χ2v) is 10.6. The first kappa shape index (κ1) is 36.9.